The fraction of sp³-hybridized carbons (Fsp3) is 0.333. The average Bonchev–Trinajstić information content (AvgIpc) is 3.15. The minimum absolute atomic E-state index is 0.141. The predicted octanol–water partition coefficient (Wildman–Crippen LogP) is 5.73. The van der Waals surface area contributed by atoms with Crippen LogP contribution in [0.25, 0.3) is 0 Å². The Kier molecular flexibility index (Phi) is 7.81. The molecule has 222 valence electrons. The molecule has 3 atom stereocenters. The highest BCUT2D eigenvalue weighted by molar-refractivity contribution is 7.89. The highest BCUT2D eigenvalue weighted by atomic mass is 35.5. The van der Waals surface area contributed by atoms with Crippen LogP contribution >= 0.6 is 23.2 Å². The number of carbonyl (C=O) groups is 2. The first-order valence-electron chi connectivity index (χ1n) is 13.2. The van der Waals surface area contributed by atoms with Crippen LogP contribution in [0.2, 0.25) is 10.0 Å². The summed E-state index contributed by atoms with van der Waals surface area (Å²) in [4.78, 5) is 27.7. The number of carbonyl (C=O) groups excluding carboxylic acids is 2. The van der Waals surface area contributed by atoms with Crippen molar-refractivity contribution in [3.05, 3.63) is 92.7 Å². The van der Waals surface area contributed by atoms with Gasteiger partial charge in [0, 0.05) is 39.2 Å². The molecule has 3 aromatic rings. The first kappa shape index (κ1) is 30.3. The topological polar surface area (TPSA) is 114 Å². The molecule has 0 radical (unpaired) electrons. The quantitative estimate of drug-likeness (QED) is 0.321. The number of hydrogen-bond acceptors (Lipinski definition) is 5. The molecule has 3 aromatic carbocycles. The molecule has 0 saturated carbocycles. The molecule has 2 heterocycles. The fourth-order valence-corrected chi connectivity index (χ4v) is 7.63. The third-order valence-corrected chi connectivity index (χ3v) is 9.30. The van der Waals surface area contributed by atoms with Gasteiger partial charge in [0.25, 0.3) is 0 Å². The van der Waals surface area contributed by atoms with E-state index in [0.717, 1.165) is 0 Å². The SMILES string of the molecule is Cc1ccc(F)cc1[C@@H]1NC(=O)C[C@H](c2cc(Cl)ccc2OCS(=O)(=O)NC(C)(C)C)C12C(=O)Nc1cc(Cl)ccc12. The molecule has 42 heavy (non-hydrogen) atoms. The van der Waals surface area contributed by atoms with Crippen LogP contribution in [0.5, 0.6) is 5.75 Å². The monoisotopic (exact) mass is 633 g/mol. The van der Waals surface area contributed by atoms with Crippen LogP contribution in [0.4, 0.5) is 10.1 Å². The normalized spacial score (nSPS) is 22.1. The van der Waals surface area contributed by atoms with Gasteiger partial charge in [-0.25, -0.2) is 17.5 Å². The van der Waals surface area contributed by atoms with Crippen molar-refractivity contribution in [2.75, 3.05) is 11.3 Å². The van der Waals surface area contributed by atoms with Crippen molar-refractivity contribution in [3.63, 3.8) is 0 Å². The number of ether oxygens (including phenoxy) is 1. The van der Waals surface area contributed by atoms with Gasteiger partial charge in [-0.15, -0.1) is 0 Å². The van der Waals surface area contributed by atoms with E-state index in [2.05, 4.69) is 15.4 Å². The largest absolute Gasteiger partial charge is 0.476 e. The summed E-state index contributed by atoms with van der Waals surface area (Å²) in [5, 5.41) is 6.56. The van der Waals surface area contributed by atoms with Crippen LogP contribution in [0.3, 0.4) is 0 Å². The molecule has 1 saturated heterocycles. The second-order valence-corrected chi connectivity index (χ2v) is 14.2. The van der Waals surface area contributed by atoms with E-state index in [9.17, 15) is 22.4 Å². The summed E-state index contributed by atoms with van der Waals surface area (Å²) >= 11 is 12.7. The number of aryl methyl sites for hydroxylation is 1. The number of sulfonamides is 1. The van der Waals surface area contributed by atoms with Gasteiger partial charge in [-0.05, 0) is 86.8 Å². The Balaban J connectivity index is 1.72. The number of hydrogen-bond donors (Lipinski definition) is 3. The summed E-state index contributed by atoms with van der Waals surface area (Å²) in [6.07, 6.45) is -0.163. The smallest absolute Gasteiger partial charge is 0.247 e. The van der Waals surface area contributed by atoms with Crippen molar-refractivity contribution in [3.8, 4) is 5.75 Å². The van der Waals surface area contributed by atoms with Crippen LogP contribution in [-0.4, -0.2) is 31.7 Å². The molecule has 8 nitrogen and oxygen atoms in total. The van der Waals surface area contributed by atoms with E-state index in [1.165, 1.54) is 24.3 Å². The standard InChI is InChI=1S/C30H30Cl2FN3O5S/c1-16-5-8-19(33)13-20(16)27-30(22-9-6-18(32)12-24(22)34-28(30)38)23(14-26(37)35-27)21-11-17(31)7-10-25(21)41-15-42(39,40)36-29(2,3)4/h5-13,23,27,36H,14-15H2,1-4H3,(H,34,38)(H,35,37)/t23-,27+,30?/m1/s1. The minimum Gasteiger partial charge on any atom is -0.476 e. The maximum Gasteiger partial charge on any atom is 0.247 e. The fourth-order valence-electron chi connectivity index (χ4n) is 6.00. The first-order chi connectivity index (χ1) is 19.6. The van der Waals surface area contributed by atoms with Crippen LogP contribution in [0, 0.1) is 12.7 Å². The van der Waals surface area contributed by atoms with Crippen LogP contribution < -0.4 is 20.1 Å². The molecule has 12 heteroatoms. The molecule has 0 aromatic heterocycles. The number of anilines is 1. The molecule has 5 rings (SSSR count). The lowest BCUT2D eigenvalue weighted by molar-refractivity contribution is -0.131. The van der Waals surface area contributed by atoms with Gasteiger partial charge in [-0.2, -0.15) is 0 Å². The van der Waals surface area contributed by atoms with Gasteiger partial charge in [0.2, 0.25) is 27.8 Å². The van der Waals surface area contributed by atoms with Gasteiger partial charge in [0.15, 0.2) is 0 Å². The Morgan fingerprint density at radius 1 is 1.02 bits per heavy atom. The maximum atomic E-state index is 14.7. The lowest BCUT2D eigenvalue weighted by Gasteiger charge is -2.47. The van der Waals surface area contributed by atoms with Gasteiger partial charge in [-0.3, -0.25) is 9.59 Å². The van der Waals surface area contributed by atoms with Crippen molar-refractivity contribution in [2.24, 2.45) is 0 Å². The first-order valence-corrected chi connectivity index (χ1v) is 15.6. The number of rotatable bonds is 6. The van der Waals surface area contributed by atoms with E-state index in [1.807, 2.05) is 0 Å². The zero-order valence-electron chi connectivity index (χ0n) is 23.3. The molecule has 1 unspecified atom stereocenters. The summed E-state index contributed by atoms with van der Waals surface area (Å²) in [6.45, 7) is 6.90. The number of piperidine rings is 1. The lowest BCUT2D eigenvalue weighted by Crippen LogP contribution is -2.57. The highest BCUT2D eigenvalue weighted by Crippen LogP contribution is 2.59. The molecule has 0 aliphatic carbocycles. The van der Waals surface area contributed by atoms with Crippen molar-refractivity contribution < 1.29 is 27.1 Å². The third kappa shape index (κ3) is 5.60. The molecular weight excluding hydrogens is 604 g/mol. The van der Waals surface area contributed by atoms with E-state index in [-0.39, 0.29) is 18.1 Å². The van der Waals surface area contributed by atoms with Crippen molar-refractivity contribution in [2.45, 2.75) is 57.0 Å². The molecular formula is C30H30Cl2FN3O5S. The second-order valence-electron chi connectivity index (χ2n) is 11.7. The van der Waals surface area contributed by atoms with E-state index in [1.54, 1.807) is 58.0 Å². The summed E-state index contributed by atoms with van der Waals surface area (Å²) in [6, 6.07) is 12.8. The zero-order chi connectivity index (χ0) is 30.6. The molecule has 0 bridgehead atoms. The molecule has 3 N–H and O–H groups in total. The third-order valence-electron chi connectivity index (χ3n) is 7.48. The molecule has 2 amide bonds. The predicted molar refractivity (Wildman–Crippen MR) is 160 cm³/mol. The van der Waals surface area contributed by atoms with Crippen LogP contribution in [-0.2, 0) is 25.0 Å². The number of amides is 2. The van der Waals surface area contributed by atoms with Gasteiger partial charge < -0.3 is 15.4 Å². The maximum absolute atomic E-state index is 14.7. The Bertz CT molecular complexity index is 1710. The van der Waals surface area contributed by atoms with Crippen LogP contribution in [0.15, 0.2) is 54.6 Å². The Morgan fingerprint density at radius 2 is 1.71 bits per heavy atom. The van der Waals surface area contributed by atoms with Crippen LogP contribution in [0.1, 0.15) is 61.4 Å². The second kappa shape index (κ2) is 10.8. The lowest BCUT2D eigenvalue weighted by atomic mass is 9.59. The van der Waals surface area contributed by atoms with E-state index >= 15 is 0 Å². The van der Waals surface area contributed by atoms with E-state index in [0.29, 0.717) is 38.0 Å². The summed E-state index contributed by atoms with van der Waals surface area (Å²) in [7, 11) is -3.88. The summed E-state index contributed by atoms with van der Waals surface area (Å²) < 4.78 is 48.6. The molecule has 2 aliphatic heterocycles. The number of benzene rings is 3. The van der Waals surface area contributed by atoms with Crippen molar-refractivity contribution in [1.29, 1.82) is 0 Å². The van der Waals surface area contributed by atoms with Crippen molar-refractivity contribution >= 4 is 50.7 Å². The minimum atomic E-state index is -3.88. The number of fused-ring (bicyclic) bond motifs is 2. The molecule has 1 spiro atoms. The summed E-state index contributed by atoms with van der Waals surface area (Å²) in [5.41, 5.74) is 0.210. The highest BCUT2D eigenvalue weighted by Gasteiger charge is 2.62. The number of nitrogens with one attached hydrogen (secondary N) is 3. The van der Waals surface area contributed by atoms with E-state index < -0.39 is 50.6 Å². The zero-order valence-corrected chi connectivity index (χ0v) is 25.7. The Hall–Kier alpha value is -3.18. The summed E-state index contributed by atoms with van der Waals surface area (Å²) in [5.74, 6) is -2.82. The van der Waals surface area contributed by atoms with Gasteiger partial charge in [0.1, 0.15) is 17.0 Å². The number of halogens is 3. The van der Waals surface area contributed by atoms with Gasteiger partial charge in [-0.1, -0.05) is 35.3 Å². The average molecular weight is 635 g/mol. The molecule has 2 aliphatic rings. The molecule has 1 fully saturated rings. The Labute approximate surface area is 254 Å². The van der Waals surface area contributed by atoms with E-state index in [4.69, 9.17) is 27.9 Å². The van der Waals surface area contributed by atoms with Gasteiger partial charge in [0.05, 0.1) is 6.04 Å². The van der Waals surface area contributed by atoms with Gasteiger partial charge >= 0.3 is 0 Å². The Morgan fingerprint density at radius 3 is 2.43 bits per heavy atom. The van der Waals surface area contributed by atoms with Crippen molar-refractivity contribution in [1.82, 2.24) is 10.0 Å².